The summed E-state index contributed by atoms with van der Waals surface area (Å²) in [4.78, 5) is 17.6. The molecule has 1 heterocycles. The van der Waals surface area contributed by atoms with Crippen LogP contribution in [0.3, 0.4) is 0 Å². The number of thioether (sulfide) groups is 1. The Hall–Kier alpha value is -2.44. The molecule has 5 nitrogen and oxygen atoms in total. The molecule has 158 valence electrons. The van der Waals surface area contributed by atoms with Gasteiger partial charge in [-0.2, -0.15) is 0 Å². The van der Waals surface area contributed by atoms with Crippen LogP contribution in [0.4, 0.5) is 5.69 Å². The van der Waals surface area contributed by atoms with Gasteiger partial charge in [-0.15, -0.1) is 0 Å². The van der Waals surface area contributed by atoms with E-state index in [1.54, 1.807) is 19.3 Å². The van der Waals surface area contributed by atoms with Crippen molar-refractivity contribution in [1.29, 1.82) is 0 Å². The van der Waals surface area contributed by atoms with E-state index in [0.29, 0.717) is 26.6 Å². The van der Waals surface area contributed by atoms with Crippen LogP contribution in [0, 0.1) is 13.8 Å². The van der Waals surface area contributed by atoms with Crippen molar-refractivity contribution in [2.45, 2.75) is 40.2 Å². The molecule has 0 aliphatic carbocycles. The number of nitrogens with zero attached hydrogens (tertiary/aromatic N) is 1. The molecule has 0 aromatic heterocycles. The molecular weight excluding hydrogens is 420 g/mol. The van der Waals surface area contributed by atoms with Crippen molar-refractivity contribution in [3.63, 3.8) is 0 Å². The highest BCUT2D eigenvalue weighted by atomic mass is 35.5. The largest absolute Gasteiger partial charge is 0.493 e. The highest BCUT2D eigenvalue weighted by molar-refractivity contribution is 8.18. The van der Waals surface area contributed by atoms with Gasteiger partial charge in [0.1, 0.15) is 0 Å². The van der Waals surface area contributed by atoms with Crippen molar-refractivity contribution in [3.8, 4) is 11.5 Å². The summed E-state index contributed by atoms with van der Waals surface area (Å²) in [6, 6.07) is 9.59. The minimum atomic E-state index is -0.196. The van der Waals surface area contributed by atoms with E-state index in [1.807, 2.05) is 45.9 Å². The van der Waals surface area contributed by atoms with Crippen molar-refractivity contribution in [2.24, 2.45) is 4.99 Å². The highest BCUT2D eigenvalue weighted by Gasteiger charge is 2.24. The number of amidine groups is 1. The molecule has 1 amide bonds. The first-order valence-electron chi connectivity index (χ1n) is 9.71. The fourth-order valence-corrected chi connectivity index (χ4v) is 3.99. The van der Waals surface area contributed by atoms with Gasteiger partial charge in [0, 0.05) is 0 Å². The Bertz CT molecular complexity index is 1030. The number of methoxy groups -OCH3 is 1. The Balaban J connectivity index is 1.87. The predicted octanol–water partition coefficient (Wildman–Crippen LogP) is 6.03. The Morgan fingerprint density at radius 2 is 2.03 bits per heavy atom. The van der Waals surface area contributed by atoms with E-state index >= 15 is 0 Å². The third-order valence-corrected chi connectivity index (χ3v) is 5.86. The molecule has 0 spiro atoms. The van der Waals surface area contributed by atoms with Crippen molar-refractivity contribution >= 4 is 46.2 Å². The van der Waals surface area contributed by atoms with Gasteiger partial charge in [-0.1, -0.05) is 36.2 Å². The summed E-state index contributed by atoms with van der Waals surface area (Å²) in [5.74, 6) is 0.844. The molecule has 1 N–H and O–H groups in total. The first kappa shape index (κ1) is 22.2. The Morgan fingerprint density at radius 1 is 1.27 bits per heavy atom. The quantitative estimate of drug-likeness (QED) is 0.552. The van der Waals surface area contributed by atoms with E-state index in [4.69, 9.17) is 21.1 Å². The third-order valence-electron chi connectivity index (χ3n) is 4.67. The summed E-state index contributed by atoms with van der Waals surface area (Å²) >= 11 is 7.73. The molecule has 0 saturated carbocycles. The zero-order valence-electron chi connectivity index (χ0n) is 17.7. The number of benzene rings is 2. The van der Waals surface area contributed by atoms with Crippen LogP contribution in [-0.4, -0.2) is 24.3 Å². The average Bonchev–Trinajstić information content (AvgIpc) is 3.04. The zero-order chi connectivity index (χ0) is 21.8. The first-order valence-corrected chi connectivity index (χ1v) is 10.9. The number of nitrogens with one attached hydrogen (secondary N) is 1. The van der Waals surface area contributed by atoms with Gasteiger partial charge in [0.05, 0.1) is 28.8 Å². The van der Waals surface area contributed by atoms with E-state index in [1.165, 1.54) is 17.3 Å². The molecule has 30 heavy (non-hydrogen) atoms. The van der Waals surface area contributed by atoms with Crippen LogP contribution in [0.1, 0.15) is 37.0 Å². The van der Waals surface area contributed by atoms with Gasteiger partial charge in [-0.3, -0.25) is 4.79 Å². The number of hydrogen-bond donors (Lipinski definition) is 1. The maximum Gasteiger partial charge on any atom is 0.264 e. The SMILES string of the molecule is CC[C@@H](C)Oc1c(Cl)cc(/C=C2\SC(=Nc3ccc(C)cc3C)NC2=O)cc1OC. The molecule has 7 heteroatoms. The number of halogens is 1. The van der Waals surface area contributed by atoms with Gasteiger partial charge >= 0.3 is 0 Å². The number of amides is 1. The number of hydrogen-bond acceptors (Lipinski definition) is 5. The lowest BCUT2D eigenvalue weighted by atomic mass is 10.1. The first-order chi connectivity index (χ1) is 14.3. The number of rotatable bonds is 6. The summed E-state index contributed by atoms with van der Waals surface area (Å²) in [7, 11) is 1.57. The van der Waals surface area contributed by atoms with E-state index < -0.39 is 0 Å². The lowest BCUT2D eigenvalue weighted by Gasteiger charge is -2.17. The van der Waals surface area contributed by atoms with Gasteiger partial charge in [0.25, 0.3) is 5.91 Å². The summed E-state index contributed by atoms with van der Waals surface area (Å²) in [5, 5.41) is 3.81. The monoisotopic (exact) mass is 444 g/mol. The Labute approximate surface area is 186 Å². The molecule has 3 rings (SSSR count). The van der Waals surface area contributed by atoms with Gasteiger partial charge < -0.3 is 14.8 Å². The molecular formula is C23H25ClN2O3S. The second-order valence-corrected chi connectivity index (χ2v) is 8.58. The second kappa shape index (κ2) is 9.58. The standard InChI is InChI=1S/C23H25ClN2O3S/c1-6-15(4)29-21-17(24)10-16(11-19(21)28-5)12-20-22(27)26-23(30-20)25-18-8-7-13(2)9-14(18)3/h7-12,15H,6H2,1-5H3,(H,25,26,27)/b20-12-/t15-/m1/s1. The molecule has 0 unspecified atom stereocenters. The minimum Gasteiger partial charge on any atom is -0.493 e. The number of carbonyl (C=O) groups excluding carboxylic acids is 1. The molecule has 0 radical (unpaired) electrons. The van der Waals surface area contributed by atoms with Crippen LogP contribution in [0.15, 0.2) is 40.2 Å². The van der Waals surface area contributed by atoms with Gasteiger partial charge in [0.2, 0.25) is 0 Å². The zero-order valence-corrected chi connectivity index (χ0v) is 19.3. The molecule has 1 aliphatic heterocycles. The van der Waals surface area contributed by atoms with Gasteiger partial charge in [-0.05, 0) is 74.4 Å². The summed E-state index contributed by atoms with van der Waals surface area (Å²) in [5.41, 5.74) is 3.81. The van der Waals surface area contributed by atoms with Gasteiger partial charge in [-0.25, -0.2) is 4.99 Å². The summed E-state index contributed by atoms with van der Waals surface area (Å²) in [6.45, 7) is 8.05. The number of carbonyl (C=O) groups is 1. The fourth-order valence-electron chi connectivity index (χ4n) is 2.89. The van der Waals surface area contributed by atoms with Crippen molar-refractivity contribution in [3.05, 3.63) is 56.9 Å². The highest BCUT2D eigenvalue weighted by Crippen LogP contribution is 2.39. The van der Waals surface area contributed by atoms with Crippen LogP contribution in [0.25, 0.3) is 6.08 Å². The van der Waals surface area contributed by atoms with E-state index in [2.05, 4.69) is 16.4 Å². The van der Waals surface area contributed by atoms with Crippen molar-refractivity contribution in [2.75, 3.05) is 7.11 Å². The predicted molar refractivity (Wildman–Crippen MR) is 125 cm³/mol. The summed E-state index contributed by atoms with van der Waals surface area (Å²) < 4.78 is 11.3. The third kappa shape index (κ3) is 5.18. The smallest absolute Gasteiger partial charge is 0.264 e. The van der Waals surface area contributed by atoms with Crippen LogP contribution >= 0.6 is 23.4 Å². The van der Waals surface area contributed by atoms with Crippen molar-refractivity contribution in [1.82, 2.24) is 5.32 Å². The molecule has 1 fully saturated rings. The minimum absolute atomic E-state index is 0.0146. The topological polar surface area (TPSA) is 59.9 Å². The molecule has 2 aromatic carbocycles. The lowest BCUT2D eigenvalue weighted by molar-refractivity contribution is -0.115. The second-order valence-electron chi connectivity index (χ2n) is 7.14. The van der Waals surface area contributed by atoms with Crippen LogP contribution in [-0.2, 0) is 4.79 Å². The average molecular weight is 445 g/mol. The van der Waals surface area contributed by atoms with Crippen LogP contribution < -0.4 is 14.8 Å². The summed E-state index contributed by atoms with van der Waals surface area (Å²) in [6.07, 6.45) is 2.64. The normalized spacial score (nSPS) is 17.3. The van der Waals surface area contributed by atoms with E-state index in [0.717, 1.165) is 23.2 Å². The molecule has 0 bridgehead atoms. The maximum atomic E-state index is 12.4. The van der Waals surface area contributed by atoms with E-state index in [9.17, 15) is 4.79 Å². The molecule has 1 saturated heterocycles. The number of aliphatic imine (C=N–C) groups is 1. The molecule has 1 aliphatic rings. The van der Waals surface area contributed by atoms with Crippen molar-refractivity contribution < 1.29 is 14.3 Å². The van der Waals surface area contributed by atoms with Crippen LogP contribution in [0.5, 0.6) is 11.5 Å². The number of ether oxygens (including phenoxy) is 2. The maximum absolute atomic E-state index is 12.4. The lowest BCUT2D eigenvalue weighted by Crippen LogP contribution is -2.19. The van der Waals surface area contributed by atoms with E-state index in [-0.39, 0.29) is 12.0 Å². The number of aryl methyl sites for hydroxylation is 2. The molecule has 2 aromatic rings. The Kier molecular flexibility index (Phi) is 7.10. The van der Waals surface area contributed by atoms with Gasteiger partial charge in [0.15, 0.2) is 16.7 Å². The van der Waals surface area contributed by atoms with Crippen LogP contribution in [0.2, 0.25) is 5.02 Å². The molecule has 1 atom stereocenters. The Morgan fingerprint density at radius 3 is 2.70 bits per heavy atom. The fraction of sp³-hybridized carbons (Fsp3) is 0.304.